The number of unbranched alkanes of at least 4 members (excludes halogenated alkanes) is 1. The molecule has 5 nitrogen and oxygen atoms in total. The van der Waals surface area contributed by atoms with Crippen molar-refractivity contribution in [3.63, 3.8) is 0 Å². The zero-order valence-corrected chi connectivity index (χ0v) is 17.7. The third-order valence-corrected chi connectivity index (χ3v) is 8.78. The molecule has 2 bridgehead atoms. The van der Waals surface area contributed by atoms with E-state index in [4.69, 9.17) is 0 Å². The standard InChI is InChI=1S/C16H23N5S4/c1-11-17-18-16(24-11)23-9-3-2-8-22-15-14(19-25-20-15)13-10-21-6-4-12(13)5-7-21/h12-13H,2-10H2,1H3. The van der Waals surface area contributed by atoms with Crippen molar-refractivity contribution in [1.82, 2.24) is 23.8 Å². The SMILES string of the molecule is Cc1nnc(SCCCCSc2nsnc2C2CN3CCC2CC3)s1. The van der Waals surface area contributed by atoms with Crippen LogP contribution < -0.4 is 0 Å². The van der Waals surface area contributed by atoms with Crippen molar-refractivity contribution >= 4 is 46.6 Å². The summed E-state index contributed by atoms with van der Waals surface area (Å²) in [5.74, 6) is 3.71. The highest BCUT2D eigenvalue weighted by atomic mass is 32.2. The molecule has 2 aromatic rings. The van der Waals surface area contributed by atoms with E-state index in [2.05, 4.69) is 23.8 Å². The molecule has 3 aliphatic rings. The van der Waals surface area contributed by atoms with Gasteiger partial charge in [0.05, 0.1) is 17.4 Å². The van der Waals surface area contributed by atoms with E-state index < -0.39 is 0 Å². The lowest BCUT2D eigenvalue weighted by Gasteiger charge is -2.44. The summed E-state index contributed by atoms with van der Waals surface area (Å²) in [6, 6.07) is 0. The van der Waals surface area contributed by atoms with Crippen molar-refractivity contribution in [1.29, 1.82) is 0 Å². The minimum absolute atomic E-state index is 0.625. The van der Waals surface area contributed by atoms with Gasteiger partial charge >= 0.3 is 0 Å². The van der Waals surface area contributed by atoms with Gasteiger partial charge in [0.1, 0.15) is 10.0 Å². The number of nitrogens with zero attached hydrogens (tertiary/aromatic N) is 5. The molecule has 3 saturated heterocycles. The maximum atomic E-state index is 4.68. The quantitative estimate of drug-likeness (QED) is 0.475. The van der Waals surface area contributed by atoms with E-state index >= 15 is 0 Å². The minimum atomic E-state index is 0.625. The van der Waals surface area contributed by atoms with E-state index in [9.17, 15) is 0 Å². The third-order valence-electron chi connectivity index (χ3n) is 5.00. The lowest BCUT2D eigenvalue weighted by atomic mass is 9.78. The summed E-state index contributed by atoms with van der Waals surface area (Å²) in [4.78, 5) is 2.60. The molecule has 9 heteroatoms. The molecule has 0 amide bonds. The van der Waals surface area contributed by atoms with E-state index in [1.807, 2.05) is 30.4 Å². The number of aromatic nitrogens is 4. The van der Waals surface area contributed by atoms with Crippen LogP contribution in [-0.2, 0) is 0 Å². The van der Waals surface area contributed by atoms with Gasteiger partial charge in [-0.15, -0.1) is 22.0 Å². The van der Waals surface area contributed by atoms with Gasteiger partial charge < -0.3 is 4.90 Å². The van der Waals surface area contributed by atoms with E-state index in [1.54, 1.807) is 11.3 Å². The van der Waals surface area contributed by atoms with Crippen LogP contribution in [0.1, 0.15) is 42.3 Å². The van der Waals surface area contributed by atoms with E-state index in [-0.39, 0.29) is 0 Å². The van der Waals surface area contributed by atoms with Gasteiger partial charge in [0.25, 0.3) is 0 Å². The topological polar surface area (TPSA) is 54.8 Å². The molecular weight excluding hydrogens is 390 g/mol. The van der Waals surface area contributed by atoms with Crippen LogP contribution >= 0.6 is 46.6 Å². The lowest BCUT2D eigenvalue weighted by Crippen LogP contribution is -2.46. The second-order valence-electron chi connectivity index (χ2n) is 6.69. The van der Waals surface area contributed by atoms with Crippen molar-refractivity contribution < 1.29 is 0 Å². The van der Waals surface area contributed by atoms with Gasteiger partial charge in [0.15, 0.2) is 4.34 Å². The summed E-state index contributed by atoms with van der Waals surface area (Å²) < 4.78 is 10.4. The summed E-state index contributed by atoms with van der Waals surface area (Å²) in [5, 5.41) is 10.5. The first-order chi connectivity index (χ1) is 12.3. The summed E-state index contributed by atoms with van der Waals surface area (Å²) in [6.07, 6.45) is 5.11. The van der Waals surface area contributed by atoms with Gasteiger partial charge in [-0.3, -0.25) is 0 Å². The molecule has 25 heavy (non-hydrogen) atoms. The molecule has 0 radical (unpaired) electrons. The molecule has 3 aliphatic heterocycles. The smallest absolute Gasteiger partial charge is 0.174 e. The van der Waals surface area contributed by atoms with E-state index in [1.165, 1.54) is 67.8 Å². The Balaban J connectivity index is 1.21. The van der Waals surface area contributed by atoms with Crippen LogP contribution in [0.25, 0.3) is 0 Å². The third kappa shape index (κ3) is 4.55. The molecule has 2 aromatic heterocycles. The lowest BCUT2D eigenvalue weighted by molar-refractivity contribution is 0.0846. The van der Waals surface area contributed by atoms with Gasteiger partial charge in [0.2, 0.25) is 0 Å². The van der Waals surface area contributed by atoms with Crippen LogP contribution in [0.4, 0.5) is 0 Å². The van der Waals surface area contributed by atoms with Gasteiger partial charge in [-0.25, -0.2) is 0 Å². The Hall–Kier alpha value is -0.220. The maximum Gasteiger partial charge on any atom is 0.174 e. The van der Waals surface area contributed by atoms with Crippen LogP contribution in [0.15, 0.2) is 9.37 Å². The number of hydrogen-bond donors (Lipinski definition) is 0. The van der Waals surface area contributed by atoms with Gasteiger partial charge in [-0.1, -0.05) is 23.1 Å². The Morgan fingerprint density at radius 2 is 1.88 bits per heavy atom. The first-order valence-electron chi connectivity index (χ1n) is 8.90. The summed E-state index contributed by atoms with van der Waals surface area (Å²) in [5.41, 5.74) is 1.29. The Morgan fingerprint density at radius 1 is 1.08 bits per heavy atom. The highest BCUT2D eigenvalue weighted by Gasteiger charge is 2.37. The highest BCUT2D eigenvalue weighted by Crippen LogP contribution is 2.41. The molecule has 0 N–H and O–H groups in total. The van der Waals surface area contributed by atoms with Crippen LogP contribution in [0, 0.1) is 12.8 Å². The monoisotopic (exact) mass is 413 g/mol. The van der Waals surface area contributed by atoms with Gasteiger partial charge in [-0.05, 0) is 57.4 Å². The average Bonchev–Trinajstić information content (AvgIpc) is 3.28. The van der Waals surface area contributed by atoms with Crippen molar-refractivity contribution in [2.45, 2.75) is 47.9 Å². The first-order valence-corrected chi connectivity index (χ1v) is 12.4. The summed E-state index contributed by atoms with van der Waals surface area (Å²) >= 11 is 6.82. The maximum absolute atomic E-state index is 4.68. The zero-order valence-electron chi connectivity index (χ0n) is 14.4. The Morgan fingerprint density at radius 3 is 2.56 bits per heavy atom. The second kappa shape index (κ2) is 8.65. The minimum Gasteiger partial charge on any atom is -0.303 e. The number of thioether (sulfide) groups is 2. The molecule has 5 rings (SSSR count). The molecule has 1 unspecified atom stereocenters. The van der Waals surface area contributed by atoms with Gasteiger partial charge in [0, 0.05) is 18.2 Å². The van der Waals surface area contributed by atoms with Crippen LogP contribution in [0.5, 0.6) is 0 Å². The predicted molar refractivity (Wildman–Crippen MR) is 107 cm³/mol. The Bertz CT molecular complexity index is 680. The Labute approximate surface area is 165 Å². The van der Waals surface area contributed by atoms with Crippen molar-refractivity contribution in [3.8, 4) is 0 Å². The fourth-order valence-corrected chi connectivity index (χ4v) is 7.32. The molecule has 0 aliphatic carbocycles. The van der Waals surface area contributed by atoms with Crippen molar-refractivity contribution in [3.05, 3.63) is 10.7 Å². The number of aryl methyl sites for hydroxylation is 1. The first kappa shape index (κ1) is 18.2. The van der Waals surface area contributed by atoms with Crippen LogP contribution in [-0.4, -0.2) is 55.0 Å². The van der Waals surface area contributed by atoms with Crippen molar-refractivity contribution in [2.24, 2.45) is 5.92 Å². The summed E-state index contributed by atoms with van der Waals surface area (Å²) in [6.45, 7) is 5.77. The normalized spacial score (nSPS) is 25.6. The fourth-order valence-electron chi connectivity index (χ4n) is 3.66. The molecule has 5 heterocycles. The average molecular weight is 414 g/mol. The van der Waals surface area contributed by atoms with E-state index in [0.717, 1.165) is 26.8 Å². The molecule has 1 atom stereocenters. The van der Waals surface area contributed by atoms with Gasteiger partial charge in [-0.2, -0.15) is 8.75 Å². The molecule has 0 aromatic carbocycles. The molecule has 0 spiro atoms. The Kier molecular flexibility index (Phi) is 6.28. The predicted octanol–water partition coefficient (Wildman–Crippen LogP) is 4.17. The number of fused-ring (bicyclic) bond motifs is 3. The second-order valence-corrected chi connectivity index (χ2v) is 10.8. The fraction of sp³-hybridized carbons (Fsp3) is 0.750. The molecule has 0 saturated carbocycles. The van der Waals surface area contributed by atoms with Crippen LogP contribution in [0.3, 0.4) is 0 Å². The van der Waals surface area contributed by atoms with Crippen LogP contribution in [0.2, 0.25) is 0 Å². The molecule has 136 valence electrons. The van der Waals surface area contributed by atoms with E-state index in [0.29, 0.717) is 5.92 Å². The highest BCUT2D eigenvalue weighted by molar-refractivity contribution is 8.01. The number of piperidine rings is 3. The molecular formula is C16H23N5S4. The van der Waals surface area contributed by atoms with Crippen molar-refractivity contribution in [2.75, 3.05) is 31.1 Å². The number of rotatable bonds is 8. The molecule has 3 fully saturated rings. The largest absolute Gasteiger partial charge is 0.303 e. The summed E-state index contributed by atoms with van der Waals surface area (Å²) in [7, 11) is 0. The zero-order chi connectivity index (χ0) is 17.1. The number of hydrogen-bond acceptors (Lipinski definition) is 9.